The van der Waals surface area contributed by atoms with E-state index in [1.165, 1.54) is 0 Å². The van der Waals surface area contributed by atoms with Gasteiger partial charge in [0.05, 0.1) is 11.8 Å². The van der Waals surface area contributed by atoms with Gasteiger partial charge in [0.2, 0.25) is 0 Å². The number of hydrogen-bond donors (Lipinski definition) is 2. The van der Waals surface area contributed by atoms with Gasteiger partial charge in [0.1, 0.15) is 5.75 Å². The van der Waals surface area contributed by atoms with E-state index in [2.05, 4.69) is 21.2 Å². The highest BCUT2D eigenvalue weighted by molar-refractivity contribution is 9.10. The highest BCUT2D eigenvalue weighted by Crippen LogP contribution is 2.36. The van der Waals surface area contributed by atoms with Gasteiger partial charge >= 0.3 is 0 Å². The average molecular weight is 286 g/mol. The van der Waals surface area contributed by atoms with Crippen LogP contribution in [0.3, 0.4) is 0 Å². The first-order valence-corrected chi connectivity index (χ1v) is 5.85. The Balaban J connectivity index is 2.41. The molecule has 86 valence electrons. The Morgan fingerprint density at radius 2 is 2.38 bits per heavy atom. The second-order valence-corrected chi connectivity index (χ2v) is 4.49. The van der Waals surface area contributed by atoms with Crippen molar-refractivity contribution in [3.05, 3.63) is 22.2 Å². The number of anilines is 1. The first kappa shape index (κ1) is 11.4. The van der Waals surface area contributed by atoms with E-state index >= 15 is 0 Å². The number of benzene rings is 1. The number of aliphatic hydroxyl groups is 1. The van der Waals surface area contributed by atoms with Gasteiger partial charge in [-0.3, -0.25) is 4.79 Å². The van der Waals surface area contributed by atoms with Crippen LogP contribution in [0, 0.1) is 0 Å². The van der Waals surface area contributed by atoms with Crippen molar-refractivity contribution in [1.29, 1.82) is 0 Å². The summed E-state index contributed by atoms with van der Waals surface area (Å²) in [5.74, 6) is 0.438. The molecule has 0 unspecified atom stereocenters. The maximum Gasteiger partial charge on any atom is 0.262 e. The fourth-order valence-electron chi connectivity index (χ4n) is 1.59. The van der Waals surface area contributed by atoms with E-state index in [1.54, 1.807) is 12.1 Å². The number of ether oxygens (including phenoxy) is 1. The molecule has 0 spiro atoms. The van der Waals surface area contributed by atoms with E-state index in [1.807, 2.05) is 6.92 Å². The van der Waals surface area contributed by atoms with Crippen LogP contribution in [0.4, 0.5) is 5.69 Å². The van der Waals surface area contributed by atoms with Crippen molar-refractivity contribution in [3.63, 3.8) is 0 Å². The van der Waals surface area contributed by atoms with Gasteiger partial charge < -0.3 is 15.2 Å². The van der Waals surface area contributed by atoms with Crippen molar-refractivity contribution in [2.75, 3.05) is 11.9 Å². The average Bonchev–Trinajstić information content (AvgIpc) is 2.27. The highest BCUT2D eigenvalue weighted by Gasteiger charge is 2.20. The molecule has 0 aromatic heterocycles. The zero-order valence-electron chi connectivity index (χ0n) is 8.79. The summed E-state index contributed by atoms with van der Waals surface area (Å²) < 4.78 is 6.05. The summed E-state index contributed by atoms with van der Waals surface area (Å²) in [5.41, 5.74) is 1.41. The number of aliphatic hydroxyl groups excluding tert-OH is 1. The molecule has 0 fully saturated rings. The highest BCUT2D eigenvalue weighted by atomic mass is 79.9. The molecule has 0 radical (unpaired) electrons. The fraction of sp³-hybridized carbons (Fsp3) is 0.364. The Hall–Kier alpha value is -1.07. The van der Waals surface area contributed by atoms with Crippen molar-refractivity contribution in [1.82, 2.24) is 0 Å². The van der Waals surface area contributed by atoms with Gasteiger partial charge in [0.15, 0.2) is 6.61 Å². The summed E-state index contributed by atoms with van der Waals surface area (Å²) >= 11 is 3.37. The lowest BCUT2D eigenvalue weighted by atomic mass is 10.1. The molecule has 16 heavy (non-hydrogen) atoms. The number of halogens is 1. The molecule has 0 aliphatic carbocycles. The van der Waals surface area contributed by atoms with E-state index in [0.717, 1.165) is 10.0 Å². The summed E-state index contributed by atoms with van der Waals surface area (Å²) in [5, 5.41) is 12.5. The fourth-order valence-corrected chi connectivity index (χ4v) is 2.20. The van der Waals surface area contributed by atoms with E-state index < -0.39 is 6.10 Å². The van der Waals surface area contributed by atoms with Crippen molar-refractivity contribution >= 4 is 27.5 Å². The Morgan fingerprint density at radius 1 is 1.62 bits per heavy atom. The first-order chi connectivity index (χ1) is 7.61. The summed E-state index contributed by atoms with van der Waals surface area (Å²) in [6.45, 7) is 1.93. The molecule has 5 heteroatoms. The summed E-state index contributed by atoms with van der Waals surface area (Å²) in [6, 6.07) is 3.51. The molecule has 0 bridgehead atoms. The zero-order valence-corrected chi connectivity index (χ0v) is 10.4. The van der Waals surface area contributed by atoms with E-state index in [9.17, 15) is 9.90 Å². The van der Waals surface area contributed by atoms with Gasteiger partial charge in [-0.2, -0.15) is 0 Å². The van der Waals surface area contributed by atoms with Crippen LogP contribution in [0.1, 0.15) is 25.0 Å². The number of fused-ring (bicyclic) bond motifs is 1. The van der Waals surface area contributed by atoms with Gasteiger partial charge in [0, 0.05) is 4.47 Å². The number of nitrogens with one attached hydrogen (secondary N) is 1. The van der Waals surface area contributed by atoms with E-state index in [4.69, 9.17) is 4.74 Å². The van der Waals surface area contributed by atoms with Crippen LogP contribution in [0.15, 0.2) is 16.6 Å². The lowest BCUT2D eigenvalue weighted by molar-refractivity contribution is -0.118. The number of rotatable bonds is 2. The second-order valence-electron chi connectivity index (χ2n) is 3.63. The number of hydrogen-bond acceptors (Lipinski definition) is 3. The normalized spacial score (nSPS) is 16.1. The maximum absolute atomic E-state index is 11.1. The zero-order chi connectivity index (χ0) is 11.7. The number of carbonyl (C=O) groups is 1. The Morgan fingerprint density at radius 3 is 3.06 bits per heavy atom. The molecule has 4 nitrogen and oxygen atoms in total. The van der Waals surface area contributed by atoms with Gasteiger partial charge in [-0.05, 0) is 24.1 Å². The molecule has 1 aliphatic rings. The minimum atomic E-state index is -0.527. The lowest BCUT2D eigenvalue weighted by Gasteiger charge is -2.20. The van der Waals surface area contributed by atoms with Gasteiger partial charge in [-0.15, -0.1) is 0 Å². The third-order valence-electron chi connectivity index (χ3n) is 2.48. The van der Waals surface area contributed by atoms with Gasteiger partial charge in [0.25, 0.3) is 5.91 Å². The molecule has 0 saturated carbocycles. The second kappa shape index (κ2) is 4.43. The summed E-state index contributed by atoms with van der Waals surface area (Å²) in [6.07, 6.45) is 0.102. The Labute approximate surface area is 102 Å². The molecular formula is C11H12BrNO3. The Bertz CT molecular complexity index is 433. The number of amides is 1. The minimum absolute atomic E-state index is 0.0241. The van der Waals surface area contributed by atoms with Crippen LogP contribution in [-0.2, 0) is 4.79 Å². The predicted octanol–water partition coefficient (Wildman–Crippen LogP) is 2.22. The third-order valence-corrected chi connectivity index (χ3v) is 3.16. The van der Waals surface area contributed by atoms with Gasteiger partial charge in [-0.25, -0.2) is 0 Å². The van der Waals surface area contributed by atoms with Crippen LogP contribution in [0.5, 0.6) is 5.75 Å². The quantitative estimate of drug-likeness (QED) is 0.876. The molecule has 1 amide bonds. The first-order valence-electron chi connectivity index (χ1n) is 5.06. The van der Waals surface area contributed by atoms with Crippen LogP contribution in [0.25, 0.3) is 0 Å². The molecule has 1 heterocycles. The van der Waals surface area contributed by atoms with Gasteiger partial charge in [-0.1, -0.05) is 22.9 Å². The molecule has 1 aromatic carbocycles. The third kappa shape index (κ3) is 2.05. The van der Waals surface area contributed by atoms with Crippen molar-refractivity contribution < 1.29 is 14.6 Å². The standard InChI is InChI=1S/C11H12BrNO3/c1-2-9(14)6-3-10-8(4-7(6)12)13-11(15)5-16-10/h3-4,9,14H,2,5H2,1H3,(H,13,15)/t9-/m1/s1. The minimum Gasteiger partial charge on any atom is -0.482 e. The smallest absolute Gasteiger partial charge is 0.262 e. The summed E-state index contributed by atoms with van der Waals surface area (Å²) in [7, 11) is 0. The SMILES string of the molecule is CC[C@@H](O)c1cc2c(cc1Br)NC(=O)CO2. The molecule has 1 aromatic rings. The molecule has 0 saturated heterocycles. The van der Waals surface area contributed by atoms with Crippen LogP contribution in [-0.4, -0.2) is 17.6 Å². The lowest BCUT2D eigenvalue weighted by Crippen LogP contribution is -2.25. The summed E-state index contributed by atoms with van der Waals surface area (Å²) in [4.78, 5) is 11.1. The van der Waals surface area contributed by atoms with Crippen LogP contribution < -0.4 is 10.1 Å². The largest absolute Gasteiger partial charge is 0.482 e. The van der Waals surface area contributed by atoms with E-state index in [-0.39, 0.29) is 12.5 Å². The molecule has 2 N–H and O–H groups in total. The van der Waals surface area contributed by atoms with E-state index in [0.29, 0.717) is 17.9 Å². The van der Waals surface area contributed by atoms with Crippen molar-refractivity contribution in [2.24, 2.45) is 0 Å². The molecule has 2 rings (SSSR count). The topological polar surface area (TPSA) is 58.6 Å². The van der Waals surface area contributed by atoms with Crippen molar-refractivity contribution in [2.45, 2.75) is 19.4 Å². The number of carbonyl (C=O) groups excluding carboxylic acids is 1. The maximum atomic E-state index is 11.1. The monoisotopic (exact) mass is 285 g/mol. The van der Waals surface area contributed by atoms with Crippen LogP contribution in [0.2, 0.25) is 0 Å². The van der Waals surface area contributed by atoms with Crippen molar-refractivity contribution in [3.8, 4) is 5.75 Å². The predicted molar refractivity (Wildman–Crippen MR) is 63.5 cm³/mol. The molecule has 1 atom stereocenters. The van der Waals surface area contributed by atoms with Crippen LogP contribution >= 0.6 is 15.9 Å². The molecule has 1 aliphatic heterocycles. The Kier molecular flexibility index (Phi) is 3.16. The molecular weight excluding hydrogens is 274 g/mol.